The van der Waals surface area contributed by atoms with Gasteiger partial charge in [-0.15, -0.1) is 16.8 Å². The van der Waals surface area contributed by atoms with Gasteiger partial charge in [0.25, 0.3) is 0 Å². The number of Topliss-reactive ketones (excluding diaryl/α,β-unsaturated/α-hetero) is 1. The van der Waals surface area contributed by atoms with Crippen molar-refractivity contribution >= 4 is 17.5 Å². The van der Waals surface area contributed by atoms with E-state index < -0.39 is 0 Å². The van der Waals surface area contributed by atoms with Crippen LogP contribution >= 0.6 is 11.8 Å². The van der Waals surface area contributed by atoms with E-state index in [1.165, 1.54) is 31.0 Å². The maximum atomic E-state index is 13.1. The molecule has 3 heterocycles. The highest BCUT2D eigenvalue weighted by Gasteiger charge is 2.29. The molecule has 0 aliphatic heterocycles. The summed E-state index contributed by atoms with van der Waals surface area (Å²) in [6.45, 7) is 10.9. The summed E-state index contributed by atoms with van der Waals surface area (Å²) >= 11 is 1.49. The second-order valence-electron chi connectivity index (χ2n) is 8.64. The predicted molar refractivity (Wildman–Crippen MR) is 129 cm³/mol. The fourth-order valence-electron chi connectivity index (χ4n) is 4.75. The number of carbonyl (C=O) groups is 1. The molecule has 0 unspecified atom stereocenters. The molecule has 6 nitrogen and oxygen atoms in total. The van der Waals surface area contributed by atoms with E-state index in [0.29, 0.717) is 24.3 Å². The number of ketones is 1. The van der Waals surface area contributed by atoms with Crippen molar-refractivity contribution in [1.29, 1.82) is 0 Å². The van der Waals surface area contributed by atoms with Gasteiger partial charge in [-0.05, 0) is 50.8 Å². The van der Waals surface area contributed by atoms with E-state index >= 15 is 0 Å². The van der Waals surface area contributed by atoms with E-state index in [4.69, 9.17) is 0 Å². The largest absolute Gasteiger partial charge is 0.345 e. The van der Waals surface area contributed by atoms with Gasteiger partial charge in [0.15, 0.2) is 16.8 Å². The van der Waals surface area contributed by atoms with Crippen molar-refractivity contribution in [3.8, 4) is 11.4 Å². The molecule has 1 fully saturated rings. The first-order valence-corrected chi connectivity index (χ1v) is 12.3. The summed E-state index contributed by atoms with van der Waals surface area (Å²) in [5, 5.41) is 9.87. The molecule has 0 spiro atoms. The van der Waals surface area contributed by atoms with Crippen LogP contribution in [-0.2, 0) is 6.54 Å². The Morgan fingerprint density at radius 3 is 2.81 bits per heavy atom. The fraction of sp³-hybridized carbons (Fsp3) is 0.440. The van der Waals surface area contributed by atoms with E-state index in [9.17, 15) is 4.79 Å². The molecule has 0 saturated heterocycles. The number of rotatable bonds is 8. The first-order valence-electron chi connectivity index (χ1n) is 11.3. The van der Waals surface area contributed by atoms with Crippen LogP contribution in [-0.4, -0.2) is 35.9 Å². The van der Waals surface area contributed by atoms with Gasteiger partial charge in [0.2, 0.25) is 0 Å². The molecule has 0 N–H and O–H groups in total. The highest BCUT2D eigenvalue weighted by molar-refractivity contribution is 7.99. The molecule has 4 rings (SSSR count). The lowest BCUT2D eigenvalue weighted by Crippen LogP contribution is -2.22. The lowest BCUT2D eigenvalue weighted by molar-refractivity contribution is 0.102. The van der Waals surface area contributed by atoms with Gasteiger partial charge >= 0.3 is 0 Å². The number of pyridine rings is 1. The van der Waals surface area contributed by atoms with E-state index in [1.807, 2.05) is 44.3 Å². The molecule has 0 bridgehead atoms. The Kier molecular flexibility index (Phi) is 6.94. The molecule has 1 saturated carbocycles. The molecule has 7 heteroatoms. The third-order valence-electron chi connectivity index (χ3n) is 6.50. The Hall–Kier alpha value is -2.67. The molecule has 1 aliphatic carbocycles. The summed E-state index contributed by atoms with van der Waals surface area (Å²) in [5.74, 6) is 1.84. The van der Waals surface area contributed by atoms with Gasteiger partial charge in [-0.3, -0.25) is 14.3 Å². The lowest BCUT2D eigenvalue weighted by Gasteiger charge is -2.31. The van der Waals surface area contributed by atoms with Gasteiger partial charge in [-0.1, -0.05) is 37.6 Å². The summed E-state index contributed by atoms with van der Waals surface area (Å²) in [6.07, 6.45) is 10.2. The monoisotopic (exact) mass is 449 g/mol. The van der Waals surface area contributed by atoms with Crippen molar-refractivity contribution < 1.29 is 4.79 Å². The van der Waals surface area contributed by atoms with Crippen LogP contribution in [0.3, 0.4) is 0 Å². The average Bonchev–Trinajstić information content (AvgIpc) is 3.35. The second kappa shape index (κ2) is 9.86. The first kappa shape index (κ1) is 22.5. The molecule has 0 aromatic carbocycles. The number of aryl methyl sites for hydroxylation is 1. The standard InChI is InChI=1S/C25H31N5OS/c1-5-13-29-18(3)14-21(19(29)4)23(31)16-32-25-28-27-24(20-10-8-12-26-15-20)30(25)22-11-7-6-9-17(22)2/h5,8,10,12,14-15,17,22H,1,6-7,9,11,13,16H2,2-4H3/t17-,22+/m0/s1. The Morgan fingerprint density at radius 1 is 1.28 bits per heavy atom. The summed E-state index contributed by atoms with van der Waals surface area (Å²) in [4.78, 5) is 17.4. The van der Waals surface area contributed by atoms with Gasteiger partial charge in [0, 0.05) is 47.5 Å². The highest BCUT2D eigenvalue weighted by Crippen LogP contribution is 2.39. The third kappa shape index (κ3) is 4.44. The second-order valence-corrected chi connectivity index (χ2v) is 9.59. The van der Waals surface area contributed by atoms with Gasteiger partial charge in [-0.2, -0.15) is 0 Å². The van der Waals surface area contributed by atoms with E-state index in [-0.39, 0.29) is 5.78 Å². The van der Waals surface area contributed by atoms with E-state index in [0.717, 1.165) is 39.9 Å². The molecule has 0 radical (unpaired) electrons. The zero-order valence-corrected chi connectivity index (χ0v) is 19.9. The van der Waals surface area contributed by atoms with E-state index in [2.05, 4.69) is 37.8 Å². The van der Waals surface area contributed by atoms with Crippen LogP contribution in [0.15, 0.2) is 48.4 Å². The topological polar surface area (TPSA) is 65.6 Å². The lowest BCUT2D eigenvalue weighted by atomic mass is 9.85. The van der Waals surface area contributed by atoms with Gasteiger partial charge < -0.3 is 4.57 Å². The van der Waals surface area contributed by atoms with Crippen LogP contribution in [0.4, 0.5) is 0 Å². The Balaban J connectivity index is 1.61. The predicted octanol–water partition coefficient (Wildman–Crippen LogP) is 5.67. The van der Waals surface area contributed by atoms with Crippen molar-refractivity contribution in [2.24, 2.45) is 5.92 Å². The first-order chi connectivity index (χ1) is 15.5. The molecular formula is C25H31N5OS. The Morgan fingerprint density at radius 2 is 2.09 bits per heavy atom. The van der Waals surface area contributed by atoms with Gasteiger partial charge in [0.05, 0.1) is 5.75 Å². The third-order valence-corrected chi connectivity index (χ3v) is 7.44. The zero-order chi connectivity index (χ0) is 22.7. The molecular weight excluding hydrogens is 418 g/mol. The Labute approximate surface area is 194 Å². The van der Waals surface area contributed by atoms with Gasteiger partial charge in [-0.25, -0.2) is 0 Å². The molecule has 2 atom stereocenters. The number of carbonyl (C=O) groups excluding carboxylic acids is 1. The van der Waals surface area contributed by atoms with Crippen molar-refractivity contribution in [2.45, 2.75) is 64.2 Å². The average molecular weight is 450 g/mol. The number of thioether (sulfide) groups is 1. The molecule has 0 amide bonds. The van der Waals surface area contributed by atoms with Crippen molar-refractivity contribution in [1.82, 2.24) is 24.3 Å². The number of nitrogens with zero attached hydrogens (tertiary/aromatic N) is 5. The number of hydrogen-bond acceptors (Lipinski definition) is 5. The van der Waals surface area contributed by atoms with Crippen LogP contribution in [0.5, 0.6) is 0 Å². The summed E-state index contributed by atoms with van der Waals surface area (Å²) < 4.78 is 4.39. The maximum Gasteiger partial charge on any atom is 0.192 e. The maximum absolute atomic E-state index is 13.1. The quantitative estimate of drug-likeness (QED) is 0.252. The number of aromatic nitrogens is 5. The van der Waals surface area contributed by atoms with Crippen molar-refractivity contribution in [3.05, 3.63) is 60.2 Å². The minimum absolute atomic E-state index is 0.118. The van der Waals surface area contributed by atoms with Crippen molar-refractivity contribution in [3.63, 3.8) is 0 Å². The zero-order valence-electron chi connectivity index (χ0n) is 19.1. The van der Waals surface area contributed by atoms with Crippen LogP contribution < -0.4 is 0 Å². The summed E-state index contributed by atoms with van der Waals surface area (Å²) in [7, 11) is 0. The summed E-state index contributed by atoms with van der Waals surface area (Å²) in [6, 6.07) is 6.27. The molecule has 3 aromatic rings. The number of allylic oxidation sites excluding steroid dienone is 1. The highest BCUT2D eigenvalue weighted by atomic mass is 32.2. The van der Waals surface area contributed by atoms with Crippen LogP contribution in [0.2, 0.25) is 0 Å². The number of hydrogen-bond donors (Lipinski definition) is 0. The molecule has 168 valence electrons. The van der Waals surface area contributed by atoms with Gasteiger partial charge in [0.1, 0.15) is 0 Å². The Bertz CT molecular complexity index is 1100. The SMILES string of the molecule is C=CCn1c(C)cc(C(=O)CSc2nnc(-c3cccnc3)n2[C@@H]2CCCC[C@@H]2C)c1C. The molecule has 32 heavy (non-hydrogen) atoms. The normalized spacial score (nSPS) is 18.6. The smallest absolute Gasteiger partial charge is 0.192 e. The minimum Gasteiger partial charge on any atom is -0.345 e. The van der Waals surface area contributed by atoms with Crippen molar-refractivity contribution in [2.75, 3.05) is 5.75 Å². The van der Waals surface area contributed by atoms with Crippen LogP contribution in [0.25, 0.3) is 11.4 Å². The molecule has 3 aromatic heterocycles. The van der Waals surface area contributed by atoms with Crippen LogP contribution in [0.1, 0.15) is 60.4 Å². The van der Waals surface area contributed by atoms with Crippen LogP contribution in [0, 0.1) is 19.8 Å². The minimum atomic E-state index is 0.118. The summed E-state index contributed by atoms with van der Waals surface area (Å²) in [5.41, 5.74) is 3.81. The molecule has 1 aliphatic rings. The fourth-order valence-corrected chi connectivity index (χ4v) is 5.62. The van der Waals surface area contributed by atoms with E-state index in [1.54, 1.807) is 6.20 Å².